The van der Waals surface area contributed by atoms with E-state index in [1.165, 1.54) is 56.1 Å². The predicted octanol–water partition coefficient (Wildman–Crippen LogP) is 2.27. The van der Waals surface area contributed by atoms with Crippen molar-refractivity contribution < 1.29 is 18.9 Å². The Morgan fingerprint density at radius 2 is 1.82 bits per heavy atom. The molecule has 13 heteroatoms. The number of fused-ring (bicyclic) bond motifs is 1. The third kappa shape index (κ3) is 4.08. The van der Waals surface area contributed by atoms with E-state index in [1.807, 2.05) is 0 Å². The van der Waals surface area contributed by atoms with E-state index < -0.39 is 22.1 Å². The number of hydrogen-bond acceptors (Lipinski definition) is 10. The normalized spacial score (nSPS) is 11.0. The van der Waals surface area contributed by atoms with Gasteiger partial charge in [-0.25, -0.2) is 19.6 Å². The van der Waals surface area contributed by atoms with Crippen molar-refractivity contribution >= 4 is 34.5 Å². The van der Waals surface area contributed by atoms with Gasteiger partial charge in [-0.3, -0.25) is 24.0 Å². The largest absolute Gasteiger partial charge is 0.463 e. The minimum atomic E-state index is -0.618. The van der Waals surface area contributed by atoms with Crippen molar-refractivity contribution in [3.63, 3.8) is 0 Å². The number of furan rings is 1. The lowest BCUT2D eigenvalue weighted by Gasteiger charge is -2.11. The van der Waals surface area contributed by atoms with Crippen LogP contribution in [0.15, 0.2) is 55.4 Å². The molecule has 3 heterocycles. The summed E-state index contributed by atoms with van der Waals surface area (Å²) in [4.78, 5) is 56.4. The predicted molar refractivity (Wildman–Crippen MR) is 122 cm³/mol. The topological polar surface area (TPSA) is 152 Å². The molecule has 0 bridgehead atoms. The molecule has 34 heavy (non-hydrogen) atoms. The van der Waals surface area contributed by atoms with Gasteiger partial charge in [-0.1, -0.05) is 11.8 Å². The summed E-state index contributed by atoms with van der Waals surface area (Å²) in [5.74, 6) is 0.261. The van der Waals surface area contributed by atoms with E-state index in [2.05, 4.69) is 14.7 Å². The van der Waals surface area contributed by atoms with Crippen molar-refractivity contribution in [1.29, 1.82) is 0 Å². The van der Waals surface area contributed by atoms with Gasteiger partial charge in [-0.05, 0) is 24.3 Å². The summed E-state index contributed by atoms with van der Waals surface area (Å²) < 4.78 is 12.3. The number of nitro benzene ring substituents is 1. The van der Waals surface area contributed by atoms with Crippen LogP contribution in [0.25, 0.3) is 22.4 Å². The minimum Gasteiger partial charge on any atom is -0.463 e. The Hall–Kier alpha value is -4.26. The summed E-state index contributed by atoms with van der Waals surface area (Å²) in [5, 5.41) is 11.4. The highest BCUT2D eigenvalue weighted by Crippen LogP contribution is 2.29. The van der Waals surface area contributed by atoms with E-state index in [0.29, 0.717) is 11.3 Å². The highest BCUT2D eigenvalue weighted by molar-refractivity contribution is 7.98. The highest BCUT2D eigenvalue weighted by atomic mass is 32.2. The number of esters is 1. The Morgan fingerprint density at radius 1 is 1.12 bits per heavy atom. The SMILES string of the molecule is COC(=O)c1ccc(CSc2nc(-c3ccc([N+](=O)[O-])cc3)nc3c2c(=O)n(C)c(=O)n3C)o1. The third-order valence-electron chi connectivity index (χ3n) is 5.00. The van der Waals surface area contributed by atoms with Crippen LogP contribution in [0.2, 0.25) is 0 Å². The van der Waals surface area contributed by atoms with Crippen LogP contribution >= 0.6 is 11.8 Å². The number of nitrogens with zero attached hydrogens (tertiary/aromatic N) is 5. The molecule has 4 rings (SSSR count). The monoisotopic (exact) mass is 483 g/mol. The van der Waals surface area contributed by atoms with Crippen LogP contribution in [0.3, 0.4) is 0 Å². The molecular weight excluding hydrogens is 466 g/mol. The molecule has 12 nitrogen and oxygen atoms in total. The Balaban J connectivity index is 1.83. The van der Waals surface area contributed by atoms with Crippen LogP contribution in [-0.4, -0.2) is 37.1 Å². The first-order valence-electron chi connectivity index (χ1n) is 9.73. The zero-order valence-corrected chi connectivity index (χ0v) is 19.0. The first-order chi connectivity index (χ1) is 16.2. The summed E-state index contributed by atoms with van der Waals surface area (Å²) in [6.45, 7) is 0. The van der Waals surface area contributed by atoms with Gasteiger partial charge in [0.1, 0.15) is 16.2 Å². The summed E-state index contributed by atoms with van der Waals surface area (Å²) in [7, 11) is 4.09. The molecule has 4 aromatic rings. The number of ether oxygens (including phenoxy) is 1. The average molecular weight is 483 g/mol. The van der Waals surface area contributed by atoms with Gasteiger partial charge in [0.05, 0.1) is 17.8 Å². The number of non-ortho nitro benzene ring substituents is 1. The van der Waals surface area contributed by atoms with E-state index in [4.69, 9.17) is 4.42 Å². The number of benzene rings is 1. The highest BCUT2D eigenvalue weighted by Gasteiger charge is 2.20. The molecule has 0 saturated heterocycles. The number of rotatable bonds is 6. The number of aromatic nitrogens is 4. The van der Waals surface area contributed by atoms with Gasteiger partial charge in [0.25, 0.3) is 11.2 Å². The van der Waals surface area contributed by atoms with Crippen LogP contribution in [0.1, 0.15) is 16.3 Å². The Labute approximate surface area is 195 Å². The zero-order valence-electron chi connectivity index (χ0n) is 18.2. The molecule has 0 saturated carbocycles. The number of methoxy groups -OCH3 is 1. The smallest absolute Gasteiger partial charge is 0.373 e. The van der Waals surface area contributed by atoms with Crippen molar-refractivity contribution in [1.82, 2.24) is 19.1 Å². The number of nitro groups is 1. The Kier molecular flexibility index (Phi) is 6.03. The number of carbonyl (C=O) groups excluding carboxylic acids is 1. The van der Waals surface area contributed by atoms with E-state index in [0.717, 1.165) is 16.3 Å². The fourth-order valence-corrected chi connectivity index (χ4v) is 4.11. The standard InChI is InChI=1S/C21H17N5O7S/c1-24-17-15(19(27)25(2)21(24)29)18(34-10-13-8-9-14(33-13)20(28)32-3)23-16(22-17)11-4-6-12(7-5-11)26(30)31/h4-9H,10H2,1-3H3. The zero-order chi connectivity index (χ0) is 24.6. The van der Waals surface area contributed by atoms with Gasteiger partial charge in [-0.15, -0.1) is 0 Å². The van der Waals surface area contributed by atoms with Gasteiger partial charge in [0.15, 0.2) is 11.5 Å². The fourth-order valence-electron chi connectivity index (χ4n) is 3.20. The van der Waals surface area contributed by atoms with E-state index in [9.17, 15) is 24.5 Å². The molecule has 0 radical (unpaired) electrons. The minimum absolute atomic E-state index is 0.0375. The second-order valence-corrected chi connectivity index (χ2v) is 8.07. The van der Waals surface area contributed by atoms with Crippen LogP contribution in [-0.2, 0) is 24.6 Å². The number of carbonyl (C=O) groups is 1. The van der Waals surface area contributed by atoms with E-state index >= 15 is 0 Å². The first-order valence-corrected chi connectivity index (χ1v) is 10.7. The van der Waals surface area contributed by atoms with Crippen LogP contribution in [0.4, 0.5) is 5.69 Å². The Morgan fingerprint density at radius 3 is 2.47 bits per heavy atom. The maximum Gasteiger partial charge on any atom is 0.373 e. The molecule has 0 unspecified atom stereocenters. The number of hydrogen-bond donors (Lipinski definition) is 0. The van der Waals surface area contributed by atoms with E-state index in [1.54, 1.807) is 6.07 Å². The van der Waals surface area contributed by atoms with Gasteiger partial charge in [0, 0.05) is 31.8 Å². The van der Waals surface area contributed by atoms with Crippen molar-refractivity contribution in [2.45, 2.75) is 10.8 Å². The van der Waals surface area contributed by atoms with Gasteiger partial charge < -0.3 is 9.15 Å². The quantitative estimate of drug-likeness (QED) is 0.131. The lowest BCUT2D eigenvalue weighted by Crippen LogP contribution is -2.37. The van der Waals surface area contributed by atoms with Gasteiger partial charge in [0.2, 0.25) is 5.76 Å². The third-order valence-corrected chi connectivity index (χ3v) is 6.00. The Bertz CT molecular complexity index is 1550. The van der Waals surface area contributed by atoms with Crippen molar-refractivity contribution in [2.75, 3.05) is 7.11 Å². The molecule has 0 N–H and O–H groups in total. The maximum atomic E-state index is 12.9. The molecule has 3 aromatic heterocycles. The molecule has 0 aliphatic carbocycles. The molecular formula is C21H17N5O7S. The van der Waals surface area contributed by atoms with Crippen LogP contribution in [0.5, 0.6) is 0 Å². The second kappa shape index (κ2) is 8.94. The number of aryl methyl sites for hydroxylation is 1. The molecule has 0 aliphatic rings. The second-order valence-electron chi connectivity index (χ2n) is 7.11. The lowest BCUT2D eigenvalue weighted by atomic mass is 10.2. The van der Waals surface area contributed by atoms with E-state index in [-0.39, 0.29) is 39.1 Å². The average Bonchev–Trinajstić information content (AvgIpc) is 3.33. The molecule has 0 spiro atoms. The molecule has 0 amide bonds. The van der Waals surface area contributed by atoms with Crippen LogP contribution < -0.4 is 11.2 Å². The number of thioether (sulfide) groups is 1. The maximum absolute atomic E-state index is 12.9. The molecule has 0 fully saturated rings. The fraction of sp³-hybridized carbons (Fsp3) is 0.190. The molecule has 0 aliphatic heterocycles. The van der Waals surface area contributed by atoms with Gasteiger partial charge in [-0.2, -0.15) is 0 Å². The summed E-state index contributed by atoms with van der Waals surface area (Å²) in [6.07, 6.45) is 0. The molecule has 0 atom stereocenters. The summed E-state index contributed by atoms with van der Waals surface area (Å²) in [5.41, 5.74) is -0.636. The van der Waals surface area contributed by atoms with Crippen molar-refractivity contribution in [2.24, 2.45) is 14.1 Å². The molecule has 174 valence electrons. The van der Waals surface area contributed by atoms with Gasteiger partial charge >= 0.3 is 11.7 Å². The lowest BCUT2D eigenvalue weighted by molar-refractivity contribution is -0.384. The first kappa shape index (κ1) is 22.9. The van der Waals surface area contributed by atoms with Crippen molar-refractivity contribution in [3.05, 3.63) is 78.9 Å². The summed E-state index contributed by atoms with van der Waals surface area (Å²) in [6, 6.07) is 8.69. The molecule has 1 aromatic carbocycles. The van der Waals surface area contributed by atoms with Crippen molar-refractivity contribution in [3.8, 4) is 11.4 Å². The van der Waals surface area contributed by atoms with Crippen LogP contribution in [0, 0.1) is 10.1 Å². The summed E-state index contributed by atoms with van der Waals surface area (Å²) >= 11 is 1.16.